The van der Waals surface area contributed by atoms with Crippen molar-refractivity contribution < 1.29 is 12.8 Å². The van der Waals surface area contributed by atoms with E-state index in [1.807, 2.05) is 24.3 Å². The number of hydrogen-bond acceptors (Lipinski definition) is 8. The molecule has 0 aliphatic heterocycles. The summed E-state index contributed by atoms with van der Waals surface area (Å²) in [7, 11) is -2.19. The molecule has 0 aliphatic rings. The van der Waals surface area contributed by atoms with Crippen LogP contribution >= 0.6 is 0 Å². The number of benzene rings is 1. The van der Waals surface area contributed by atoms with Gasteiger partial charge in [-0.2, -0.15) is 10.1 Å². The van der Waals surface area contributed by atoms with Gasteiger partial charge in [-0.25, -0.2) is 28.2 Å². The number of rotatable bonds is 5. The number of imidazole rings is 1. The van der Waals surface area contributed by atoms with E-state index in [4.69, 9.17) is 15.3 Å². The Labute approximate surface area is 182 Å². The van der Waals surface area contributed by atoms with Crippen LogP contribution in [0.15, 0.2) is 64.5 Å². The largest absolute Gasteiger partial charge is 0.463 e. The highest BCUT2D eigenvalue weighted by atomic mass is 32.2. The van der Waals surface area contributed by atoms with Crippen LogP contribution in [-0.4, -0.2) is 37.7 Å². The number of sulfonamides is 1. The summed E-state index contributed by atoms with van der Waals surface area (Å²) in [4.78, 5) is 12.8. The molecule has 32 heavy (non-hydrogen) atoms. The van der Waals surface area contributed by atoms with E-state index in [9.17, 15) is 8.42 Å². The van der Waals surface area contributed by atoms with E-state index in [0.29, 0.717) is 34.9 Å². The van der Waals surface area contributed by atoms with Gasteiger partial charge in [0.2, 0.25) is 5.95 Å². The van der Waals surface area contributed by atoms with E-state index in [1.54, 1.807) is 40.9 Å². The number of nitrogens with zero attached hydrogens (tertiary/aromatic N) is 6. The molecular weight excluding hydrogens is 432 g/mol. The van der Waals surface area contributed by atoms with E-state index in [-0.39, 0.29) is 11.0 Å². The average molecular weight is 450 g/mol. The predicted octanol–water partition coefficient (Wildman–Crippen LogP) is 1.76. The summed E-state index contributed by atoms with van der Waals surface area (Å²) in [6, 6.07) is 11.1. The van der Waals surface area contributed by atoms with Gasteiger partial charge in [-0.15, -0.1) is 0 Å². The van der Waals surface area contributed by atoms with Crippen molar-refractivity contribution in [2.45, 2.75) is 11.6 Å². The molecule has 0 saturated carbocycles. The Hall–Kier alpha value is -4.03. The van der Waals surface area contributed by atoms with Gasteiger partial charge >= 0.3 is 0 Å². The first-order valence-electron chi connectivity index (χ1n) is 9.48. The molecule has 4 N–H and O–H groups in total. The number of nitrogen functional groups attached to an aromatic ring is 1. The lowest BCUT2D eigenvalue weighted by atomic mass is 10.1. The average Bonchev–Trinajstić information content (AvgIpc) is 3.48. The van der Waals surface area contributed by atoms with Crippen LogP contribution in [0.3, 0.4) is 0 Å². The standard InChI is InChI=1S/C20H18N8O3S/c1-27-11-16(32(22,29)30)24-18(27)13-5-2-4-12(8-13)10-28-19-14(9-23-28)17(25-20(21)26-19)15-6-3-7-31-15/h2-9,11H,10H2,1H3,(H2,21,25,26)(H2,22,29,30). The summed E-state index contributed by atoms with van der Waals surface area (Å²) in [5, 5.41) is 10.2. The van der Waals surface area contributed by atoms with Gasteiger partial charge in [0.1, 0.15) is 11.5 Å². The summed E-state index contributed by atoms with van der Waals surface area (Å²) in [5.74, 6) is 1.17. The smallest absolute Gasteiger partial charge is 0.257 e. The Kier molecular flexibility index (Phi) is 4.53. The summed E-state index contributed by atoms with van der Waals surface area (Å²) in [6.07, 6.45) is 4.62. The third-order valence-corrected chi connectivity index (χ3v) is 5.71. The molecule has 0 amide bonds. The van der Waals surface area contributed by atoms with E-state index in [2.05, 4.69) is 20.1 Å². The number of nitrogens with two attached hydrogens (primary N) is 2. The second-order valence-corrected chi connectivity index (χ2v) is 8.71. The fourth-order valence-electron chi connectivity index (χ4n) is 3.51. The fourth-order valence-corrected chi connectivity index (χ4v) is 4.03. The third kappa shape index (κ3) is 3.50. The molecular formula is C20H18N8O3S. The molecule has 5 rings (SSSR count). The molecule has 0 spiro atoms. The third-order valence-electron chi connectivity index (χ3n) is 4.93. The molecule has 11 nitrogen and oxygen atoms in total. The summed E-state index contributed by atoms with van der Waals surface area (Å²) >= 11 is 0. The van der Waals surface area contributed by atoms with Gasteiger partial charge in [0.05, 0.1) is 24.4 Å². The fraction of sp³-hybridized carbons (Fsp3) is 0.100. The zero-order valence-electron chi connectivity index (χ0n) is 16.9. The minimum atomic E-state index is -3.89. The lowest BCUT2D eigenvalue weighted by molar-refractivity contribution is 0.580. The maximum absolute atomic E-state index is 11.6. The molecule has 4 aromatic heterocycles. The highest BCUT2D eigenvalue weighted by Gasteiger charge is 2.18. The van der Waals surface area contributed by atoms with Crippen molar-refractivity contribution in [1.29, 1.82) is 0 Å². The molecule has 1 aromatic carbocycles. The van der Waals surface area contributed by atoms with Crippen LogP contribution in [0.5, 0.6) is 0 Å². The lowest BCUT2D eigenvalue weighted by Crippen LogP contribution is -2.12. The summed E-state index contributed by atoms with van der Waals surface area (Å²) in [6.45, 7) is 0.401. The second kappa shape index (κ2) is 7.28. The van der Waals surface area contributed by atoms with Gasteiger partial charge in [-0.3, -0.25) is 0 Å². The number of fused-ring (bicyclic) bond motifs is 1. The highest BCUT2D eigenvalue weighted by molar-refractivity contribution is 7.89. The molecule has 0 unspecified atom stereocenters. The van der Waals surface area contributed by atoms with Crippen molar-refractivity contribution in [2.24, 2.45) is 12.2 Å². The van der Waals surface area contributed by atoms with Gasteiger partial charge in [0, 0.05) is 18.8 Å². The maximum Gasteiger partial charge on any atom is 0.257 e. The predicted molar refractivity (Wildman–Crippen MR) is 117 cm³/mol. The Balaban J connectivity index is 1.53. The molecule has 162 valence electrons. The minimum Gasteiger partial charge on any atom is -0.463 e. The number of aromatic nitrogens is 6. The van der Waals surface area contributed by atoms with E-state index >= 15 is 0 Å². The first-order chi connectivity index (χ1) is 15.3. The molecule has 0 radical (unpaired) electrons. The highest BCUT2D eigenvalue weighted by Crippen LogP contribution is 2.28. The van der Waals surface area contributed by atoms with Crippen LogP contribution in [0.1, 0.15) is 5.56 Å². The van der Waals surface area contributed by atoms with E-state index < -0.39 is 10.0 Å². The van der Waals surface area contributed by atoms with Crippen molar-refractivity contribution >= 4 is 27.0 Å². The van der Waals surface area contributed by atoms with Crippen LogP contribution in [0.4, 0.5) is 5.95 Å². The molecule has 0 fully saturated rings. The Morgan fingerprint density at radius 1 is 1.12 bits per heavy atom. The SMILES string of the molecule is Cn1cc(S(N)(=O)=O)nc1-c1cccc(Cn2ncc3c(-c4ccco4)nc(N)nc32)c1. The first kappa shape index (κ1) is 19.9. The topological polar surface area (TPSA) is 161 Å². The normalized spacial score (nSPS) is 11.9. The molecule has 12 heteroatoms. The quantitative estimate of drug-likeness (QED) is 0.409. The Morgan fingerprint density at radius 2 is 1.97 bits per heavy atom. The van der Waals surface area contributed by atoms with Crippen LogP contribution < -0.4 is 10.9 Å². The zero-order chi connectivity index (χ0) is 22.5. The Bertz CT molecular complexity index is 1550. The van der Waals surface area contributed by atoms with E-state index in [1.165, 1.54) is 6.20 Å². The molecule has 4 heterocycles. The number of aryl methyl sites for hydroxylation is 1. The molecule has 0 atom stereocenters. The molecule has 0 bridgehead atoms. The molecule has 0 saturated heterocycles. The first-order valence-corrected chi connectivity index (χ1v) is 11.0. The zero-order valence-corrected chi connectivity index (χ0v) is 17.7. The second-order valence-electron chi connectivity index (χ2n) is 7.21. The lowest BCUT2D eigenvalue weighted by Gasteiger charge is -2.07. The van der Waals surface area contributed by atoms with Gasteiger partial charge in [-0.1, -0.05) is 18.2 Å². The van der Waals surface area contributed by atoms with E-state index in [0.717, 1.165) is 11.1 Å². The van der Waals surface area contributed by atoms with Crippen LogP contribution in [0.2, 0.25) is 0 Å². The monoisotopic (exact) mass is 450 g/mol. The van der Waals surface area contributed by atoms with Crippen molar-refractivity contribution in [3.63, 3.8) is 0 Å². The number of anilines is 1. The number of primary sulfonamides is 1. The van der Waals surface area contributed by atoms with Crippen molar-refractivity contribution in [1.82, 2.24) is 29.3 Å². The van der Waals surface area contributed by atoms with Gasteiger partial charge in [0.15, 0.2) is 16.4 Å². The van der Waals surface area contributed by atoms with Gasteiger partial charge in [-0.05, 0) is 23.8 Å². The van der Waals surface area contributed by atoms with Crippen LogP contribution in [0, 0.1) is 0 Å². The molecule has 5 aromatic rings. The number of furan rings is 1. The summed E-state index contributed by atoms with van der Waals surface area (Å²) in [5.41, 5.74) is 8.72. The van der Waals surface area contributed by atoms with Gasteiger partial charge < -0.3 is 14.7 Å². The summed E-state index contributed by atoms with van der Waals surface area (Å²) < 4.78 is 32.1. The van der Waals surface area contributed by atoms with Crippen LogP contribution in [-0.2, 0) is 23.6 Å². The van der Waals surface area contributed by atoms with Crippen molar-refractivity contribution in [3.05, 3.63) is 60.6 Å². The van der Waals surface area contributed by atoms with Gasteiger partial charge in [0.25, 0.3) is 10.0 Å². The van der Waals surface area contributed by atoms with Crippen molar-refractivity contribution in [3.8, 4) is 22.8 Å². The Morgan fingerprint density at radius 3 is 2.69 bits per heavy atom. The van der Waals surface area contributed by atoms with Crippen molar-refractivity contribution in [2.75, 3.05) is 5.73 Å². The number of hydrogen-bond donors (Lipinski definition) is 2. The van der Waals surface area contributed by atoms with Crippen LogP contribution in [0.25, 0.3) is 33.9 Å². The maximum atomic E-state index is 11.6. The molecule has 0 aliphatic carbocycles. The minimum absolute atomic E-state index is 0.114.